The molecule has 0 aliphatic carbocycles. The number of alkyl carbamates (subject to hydrolysis) is 2. The van der Waals surface area contributed by atoms with Gasteiger partial charge in [0.2, 0.25) is 11.8 Å². The molecule has 71 heavy (non-hydrogen) atoms. The van der Waals surface area contributed by atoms with Gasteiger partial charge in [0.05, 0.1) is 38.1 Å². The van der Waals surface area contributed by atoms with Crippen LogP contribution in [-0.2, 0) is 35.1 Å². The van der Waals surface area contributed by atoms with E-state index in [0.29, 0.717) is 35.1 Å². The molecule has 3 aromatic heterocycles. The molecule has 0 saturated carbocycles. The third-order valence-corrected chi connectivity index (χ3v) is 9.78. The number of pyridine rings is 1. The number of aromatic nitrogens is 5. The van der Waals surface area contributed by atoms with Crippen LogP contribution in [0.3, 0.4) is 0 Å². The Hall–Kier alpha value is -7.65. The lowest BCUT2D eigenvalue weighted by Gasteiger charge is -2.24. The zero-order valence-electron chi connectivity index (χ0n) is 41.4. The number of carbonyl (C=O) groups is 5. The van der Waals surface area contributed by atoms with Crippen LogP contribution < -0.4 is 36.1 Å². The average Bonchev–Trinajstić information content (AvgIpc) is 3.64. The van der Waals surface area contributed by atoms with Crippen molar-refractivity contribution in [2.45, 2.75) is 118 Å². The monoisotopic (exact) mass is 988 g/mol. The van der Waals surface area contributed by atoms with Crippen LogP contribution >= 0.6 is 0 Å². The first kappa shape index (κ1) is 54.3. The molecule has 0 aliphatic rings. The van der Waals surface area contributed by atoms with Gasteiger partial charge in [-0.25, -0.2) is 38.1 Å². The maximum Gasteiger partial charge on any atom is 0.408 e. The first-order chi connectivity index (χ1) is 33.6. The molecule has 0 radical (unpaired) electrons. The number of rotatable bonds is 22. The Bertz CT molecular complexity index is 2650. The van der Waals surface area contributed by atoms with Crippen molar-refractivity contribution in [1.82, 2.24) is 40.7 Å². The maximum atomic E-state index is 15.2. The zero-order chi connectivity index (χ0) is 51.9. The number of esters is 1. The second-order valence-corrected chi connectivity index (χ2v) is 18.2. The molecule has 20 nitrogen and oxygen atoms in total. The highest BCUT2D eigenvalue weighted by Crippen LogP contribution is 2.32. The van der Waals surface area contributed by atoms with Crippen molar-refractivity contribution in [3.63, 3.8) is 0 Å². The summed E-state index contributed by atoms with van der Waals surface area (Å²) >= 11 is 0. The Morgan fingerprint density at radius 3 is 2.23 bits per heavy atom. The minimum absolute atomic E-state index is 0.0142. The van der Waals surface area contributed by atoms with E-state index in [0.717, 1.165) is 12.1 Å². The molecule has 2 aromatic carbocycles. The van der Waals surface area contributed by atoms with E-state index in [1.54, 1.807) is 84.9 Å². The van der Waals surface area contributed by atoms with Crippen LogP contribution in [0, 0.1) is 11.6 Å². The van der Waals surface area contributed by atoms with Gasteiger partial charge in [-0.05, 0) is 86.8 Å². The van der Waals surface area contributed by atoms with Crippen molar-refractivity contribution in [3.8, 4) is 23.0 Å². The number of hydrogen-bond donors (Lipinski definition) is 5. The molecule has 5 rings (SSSR count). The van der Waals surface area contributed by atoms with Crippen LogP contribution in [0.1, 0.15) is 93.6 Å². The van der Waals surface area contributed by atoms with Crippen LogP contribution in [0.5, 0.6) is 11.5 Å². The average molecular weight is 989 g/mol. The Labute approximate surface area is 410 Å². The second kappa shape index (κ2) is 24.8. The Kier molecular flexibility index (Phi) is 18.9. The number of benzene rings is 2. The van der Waals surface area contributed by atoms with Crippen LogP contribution in [0.4, 0.5) is 35.7 Å². The number of para-hydroxylation sites is 1. The van der Waals surface area contributed by atoms with Gasteiger partial charge in [0.1, 0.15) is 52.2 Å². The minimum Gasteiger partial charge on any atom is -0.494 e. The summed E-state index contributed by atoms with van der Waals surface area (Å²) in [4.78, 5) is 76.4. The number of fused-ring (bicyclic) bond motifs is 1. The number of nitrogens with one attached hydrogen (secondary N) is 5. The fourth-order valence-corrected chi connectivity index (χ4v) is 6.73. The summed E-state index contributed by atoms with van der Waals surface area (Å²) < 4.78 is 59.3. The van der Waals surface area contributed by atoms with E-state index in [1.807, 2.05) is 0 Å². The van der Waals surface area contributed by atoms with Crippen molar-refractivity contribution in [2.75, 3.05) is 37.0 Å². The van der Waals surface area contributed by atoms with Crippen molar-refractivity contribution in [2.24, 2.45) is 0 Å². The largest absolute Gasteiger partial charge is 0.494 e. The Morgan fingerprint density at radius 2 is 1.54 bits per heavy atom. The molecule has 5 aromatic rings. The molecule has 382 valence electrons. The lowest BCUT2D eigenvalue weighted by atomic mass is 10.1. The number of amides is 4. The maximum absolute atomic E-state index is 15.2. The van der Waals surface area contributed by atoms with Crippen molar-refractivity contribution in [3.05, 3.63) is 78.1 Å². The van der Waals surface area contributed by atoms with Gasteiger partial charge in [0.15, 0.2) is 17.4 Å². The van der Waals surface area contributed by atoms with Crippen LogP contribution in [0.25, 0.3) is 22.4 Å². The number of unbranched alkanes of at least 4 members (excludes halogenated alkanes) is 1. The second-order valence-electron chi connectivity index (χ2n) is 18.2. The third kappa shape index (κ3) is 17.1. The molecule has 0 spiro atoms. The summed E-state index contributed by atoms with van der Waals surface area (Å²) in [6.07, 6.45) is 2.78. The van der Waals surface area contributed by atoms with Gasteiger partial charge in [-0.15, -0.1) is 0 Å². The molecule has 0 saturated heterocycles. The number of nitrogens with zero attached hydrogens (tertiary/aromatic N) is 5. The molecule has 0 aliphatic heterocycles. The molecule has 4 amide bonds. The first-order valence-corrected chi connectivity index (χ1v) is 23.1. The zero-order valence-corrected chi connectivity index (χ0v) is 41.4. The van der Waals surface area contributed by atoms with E-state index >= 15 is 8.78 Å². The number of carbonyl (C=O) groups excluding carboxylic acids is 5. The van der Waals surface area contributed by atoms with Gasteiger partial charge in [-0.2, -0.15) is 5.10 Å². The summed E-state index contributed by atoms with van der Waals surface area (Å²) in [6, 6.07) is 10.4. The van der Waals surface area contributed by atoms with Gasteiger partial charge in [-0.3, -0.25) is 14.3 Å². The van der Waals surface area contributed by atoms with Crippen molar-refractivity contribution >= 4 is 58.2 Å². The van der Waals surface area contributed by atoms with E-state index in [1.165, 1.54) is 30.9 Å². The van der Waals surface area contributed by atoms with Crippen molar-refractivity contribution < 1.29 is 56.4 Å². The highest BCUT2D eigenvalue weighted by atomic mass is 19.1. The van der Waals surface area contributed by atoms with Gasteiger partial charge in [0, 0.05) is 60.9 Å². The standard InChI is InChI=1S/C49H62F2N10O10/c1-10-67-32-25-35(50)34(36(51)26-32)28-61-38-18-12-11-16-33(38)41(60-61)43-54-27-39(42(59-43)57-31-19-21-52-40(24-31)56-30(3)62)68-22-15-23-69-45(64)29(2)55-44(63)37(58-47(66)71-49(7,8)9)17-13-14-20-53-46(65)70-48(4,5)6/h11-12,16,18-19,21,24-27,29,37H,10,13-15,17,20,22-23,28H2,1-9H3,(H,53,65)(H,55,63)(H,58,66)(H2,52,54,56,57,59,62)/t29-,37-/m0/s1. The summed E-state index contributed by atoms with van der Waals surface area (Å²) in [5.74, 6) is -2.44. The molecule has 2 atom stereocenters. The molecule has 0 fully saturated rings. The van der Waals surface area contributed by atoms with E-state index < -0.39 is 59.0 Å². The molecule has 0 unspecified atom stereocenters. The fourth-order valence-electron chi connectivity index (χ4n) is 6.73. The highest BCUT2D eigenvalue weighted by molar-refractivity contribution is 5.92. The Balaban J connectivity index is 1.25. The van der Waals surface area contributed by atoms with E-state index in [-0.39, 0.29) is 86.2 Å². The highest BCUT2D eigenvalue weighted by Gasteiger charge is 2.28. The predicted octanol–water partition coefficient (Wildman–Crippen LogP) is 7.72. The molecule has 3 heterocycles. The van der Waals surface area contributed by atoms with Crippen LogP contribution in [0.15, 0.2) is 60.9 Å². The third-order valence-electron chi connectivity index (χ3n) is 9.78. The van der Waals surface area contributed by atoms with Crippen LogP contribution in [0.2, 0.25) is 0 Å². The number of anilines is 3. The fraction of sp³-hybridized carbons (Fsp3) is 0.449. The van der Waals surface area contributed by atoms with Gasteiger partial charge in [-0.1, -0.05) is 18.2 Å². The summed E-state index contributed by atoms with van der Waals surface area (Å²) in [5.41, 5.74) is -0.364. The van der Waals surface area contributed by atoms with Gasteiger partial charge < -0.3 is 50.3 Å². The molecular weight excluding hydrogens is 927 g/mol. The van der Waals surface area contributed by atoms with E-state index in [4.69, 9.17) is 33.8 Å². The predicted molar refractivity (Wildman–Crippen MR) is 259 cm³/mol. The topological polar surface area (TPSA) is 248 Å². The van der Waals surface area contributed by atoms with Crippen molar-refractivity contribution in [1.29, 1.82) is 0 Å². The van der Waals surface area contributed by atoms with Gasteiger partial charge >= 0.3 is 18.2 Å². The first-order valence-electron chi connectivity index (χ1n) is 23.1. The van der Waals surface area contributed by atoms with E-state index in [9.17, 15) is 24.0 Å². The molecule has 5 N–H and O–H groups in total. The molecule has 22 heteroatoms. The number of halogens is 2. The lowest BCUT2D eigenvalue weighted by Crippen LogP contribution is -2.51. The van der Waals surface area contributed by atoms with E-state index in [2.05, 4.69) is 36.6 Å². The molecular formula is C49H62F2N10O10. The van der Waals surface area contributed by atoms with Crippen LogP contribution in [-0.4, -0.2) is 104 Å². The summed E-state index contributed by atoms with van der Waals surface area (Å²) in [7, 11) is 0. The Morgan fingerprint density at radius 1 is 0.831 bits per heavy atom. The lowest BCUT2D eigenvalue weighted by molar-refractivity contribution is -0.147. The SMILES string of the molecule is CCOc1cc(F)c(Cn2nc(-c3ncc(OCCCOC(=O)[C@H](C)NC(=O)[C@H](CCCCNC(=O)OC(C)(C)C)NC(=O)OC(C)(C)C)c(Nc4ccnc(NC(C)=O)c4)n3)c3ccccc32)c(F)c1. The number of hydrogen-bond acceptors (Lipinski definition) is 15. The normalized spacial score (nSPS) is 12.3. The summed E-state index contributed by atoms with van der Waals surface area (Å²) in [5, 5.41) is 18.9. The quantitative estimate of drug-likeness (QED) is 0.0253. The van der Waals surface area contributed by atoms with Gasteiger partial charge in [0.25, 0.3) is 0 Å². The smallest absolute Gasteiger partial charge is 0.408 e. The summed E-state index contributed by atoms with van der Waals surface area (Å²) in [6.45, 7) is 15.0. The molecule has 0 bridgehead atoms. The number of ether oxygens (including phenoxy) is 5. The minimum atomic E-state index is -1.10.